The number of methoxy groups -OCH3 is 1. The summed E-state index contributed by atoms with van der Waals surface area (Å²) in [5, 5.41) is 6.73. The summed E-state index contributed by atoms with van der Waals surface area (Å²) in [5.41, 5.74) is 2.02. The Bertz CT molecular complexity index is 860. The third-order valence-electron chi connectivity index (χ3n) is 3.64. The van der Waals surface area contributed by atoms with Gasteiger partial charge in [-0.15, -0.1) is 11.8 Å². The first-order chi connectivity index (χ1) is 12.6. The Labute approximate surface area is 156 Å². The fourth-order valence-electron chi connectivity index (χ4n) is 2.19. The van der Waals surface area contributed by atoms with Crippen molar-refractivity contribution in [3.05, 3.63) is 60.0 Å². The van der Waals surface area contributed by atoms with Crippen LogP contribution in [0.4, 0.5) is 0 Å². The number of benzene rings is 2. The molecule has 0 atom stereocenters. The van der Waals surface area contributed by atoms with E-state index in [4.69, 9.17) is 9.26 Å². The van der Waals surface area contributed by atoms with Crippen LogP contribution in [0, 0.1) is 6.92 Å². The summed E-state index contributed by atoms with van der Waals surface area (Å²) in [6.45, 7) is 2.24. The molecular weight excluding hydrogens is 350 g/mol. The summed E-state index contributed by atoms with van der Waals surface area (Å²) in [6, 6.07) is 15.4. The van der Waals surface area contributed by atoms with Gasteiger partial charge in [0.05, 0.1) is 19.4 Å². The standard InChI is InChI=1S/C19H19N3O3S/c1-13-3-9-16(10-4-13)26-12-17(23)20-11-18-21-19(22-25-18)14-5-7-15(24-2)8-6-14/h3-10H,11-12H2,1-2H3,(H,20,23). The average Bonchev–Trinajstić information content (AvgIpc) is 3.15. The highest BCUT2D eigenvalue weighted by Gasteiger charge is 2.10. The van der Waals surface area contributed by atoms with E-state index < -0.39 is 0 Å². The molecule has 1 aromatic heterocycles. The molecule has 0 saturated carbocycles. The van der Waals surface area contributed by atoms with E-state index in [1.165, 1.54) is 17.3 Å². The first-order valence-corrected chi connectivity index (χ1v) is 9.06. The fourth-order valence-corrected chi connectivity index (χ4v) is 2.92. The van der Waals surface area contributed by atoms with Crippen molar-refractivity contribution in [1.29, 1.82) is 0 Å². The first kappa shape index (κ1) is 18.0. The van der Waals surface area contributed by atoms with Crippen LogP contribution in [0.5, 0.6) is 5.75 Å². The van der Waals surface area contributed by atoms with Crippen molar-refractivity contribution in [1.82, 2.24) is 15.5 Å². The van der Waals surface area contributed by atoms with Crippen molar-refractivity contribution in [2.24, 2.45) is 0 Å². The maximum absolute atomic E-state index is 12.0. The third-order valence-corrected chi connectivity index (χ3v) is 4.66. The number of nitrogens with zero attached hydrogens (tertiary/aromatic N) is 2. The Balaban J connectivity index is 1.49. The second-order valence-electron chi connectivity index (χ2n) is 5.62. The number of amides is 1. The number of rotatable bonds is 7. The van der Waals surface area contributed by atoms with Crippen LogP contribution in [0.25, 0.3) is 11.4 Å². The number of ether oxygens (including phenoxy) is 1. The van der Waals surface area contributed by atoms with Gasteiger partial charge in [0.15, 0.2) is 0 Å². The van der Waals surface area contributed by atoms with Gasteiger partial charge in [0.2, 0.25) is 17.6 Å². The predicted molar refractivity (Wildman–Crippen MR) is 100 cm³/mol. The molecule has 1 N–H and O–H groups in total. The summed E-state index contributed by atoms with van der Waals surface area (Å²) in [7, 11) is 1.61. The molecule has 0 aliphatic heterocycles. The second kappa shape index (κ2) is 8.53. The Hall–Kier alpha value is -2.80. The zero-order valence-corrected chi connectivity index (χ0v) is 15.4. The molecule has 0 bridgehead atoms. The van der Waals surface area contributed by atoms with Crippen molar-refractivity contribution >= 4 is 17.7 Å². The van der Waals surface area contributed by atoms with Crippen molar-refractivity contribution in [2.45, 2.75) is 18.4 Å². The van der Waals surface area contributed by atoms with Gasteiger partial charge in [-0.25, -0.2) is 0 Å². The van der Waals surface area contributed by atoms with E-state index in [0.29, 0.717) is 17.5 Å². The zero-order chi connectivity index (χ0) is 18.4. The van der Waals surface area contributed by atoms with Crippen LogP contribution in [0.15, 0.2) is 57.9 Å². The Morgan fingerprint density at radius 2 is 1.88 bits per heavy atom. The number of hydrogen-bond donors (Lipinski definition) is 1. The van der Waals surface area contributed by atoms with Gasteiger partial charge >= 0.3 is 0 Å². The number of carbonyl (C=O) groups excluding carboxylic acids is 1. The molecule has 7 heteroatoms. The minimum Gasteiger partial charge on any atom is -0.497 e. The van der Waals surface area contributed by atoms with Crippen molar-refractivity contribution in [3.63, 3.8) is 0 Å². The smallest absolute Gasteiger partial charge is 0.246 e. The maximum Gasteiger partial charge on any atom is 0.246 e. The molecule has 0 saturated heterocycles. The lowest BCUT2D eigenvalue weighted by molar-refractivity contribution is -0.118. The SMILES string of the molecule is COc1ccc(-c2noc(CNC(=O)CSc3ccc(C)cc3)n2)cc1. The van der Waals surface area contributed by atoms with Crippen molar-refractivity contribution in [2.75, 3.05) is 12.9 Å². The molecular formula is C19H19N3O3S. The summed E-state index contributed by atoms with van der Waals surface area (Å²) < 4.78 is 10.3. The molecule has 0 fully saturated rings. The zero-order valence-electron chi connectivity index (χ0n) is 14.6. The number of hydrogen-bond acceptors (Lipinski definition) is 6. The van der Waals surface area contributed by atoms with Gasteiger partial charge < -0.3 is 14.6 Å². The largest absolute Gasteiger partial charge is 0.497 e. The van der Waals surface area contributed by atoms with E-state index in [2.05, 4.69) is 15.5 Å². The van der Waals surface area contributed by atoms with Crippen LogP contribution in [0.2, 0.25) is 0 Å². The van der Waals surface area contributed by atoms with Crippen LogP contribution in [-0.4, -0.2) is 28.9 Å². The molecule has 0 aliphatic carbocycles. The van der Waals surface area contributed by atoms with Gasteiger partial charge in [0, 0.05) is 10.5 Å². The summed E-state index contributed by atoms with van der Waals surface area (Å²) in [4.78, 5) is 17.3. The molecule has 1 amide bonds. The van der Waals surface area contributed by atoms with Crippen LogP contribution in [0.3, 0.4) is 0 Å². The van der Waals surface area contributed by atoms with E-state index in [1.54, 1.807) is 7.11 Å². The monoisotopic (exact) mass is 369 g/mol. The van der Waals surface area contributed by atoms with Gasteiger partial charge in [0.1, 0.15) is 5.75 Å². The van der Waals surface area contributed by atoms with Crippen LogP contribution < -0.4 is 10.1 Å². The second-order valence-corrected chi connectivity index (χ2v) is 6.67. The van der Waals surface area contributed by atoms with E-state index in [1.807, 2.05) is 55.5 Å². The number of aryl methyl sites for hydroxylation is 1. The summed E-state index contributed by atoms with van der Waals surface area (Å²) >= 11 is 1.49. The lowest BCUT2D eigenvalue weighted by Crippen LogP contribution is -2.24. The topological polar surface area (TPSA) is 77.3 Å². The van der Waals surface area contributed by atoms with Crippen LogP contribution in [0.1, 0.15) is 11.5 Å². The van der Waals surface area contributed by atoms with Crippen LogP contribution >= 0.6 is 11.8 Å². The minimum absolute atomic E-state index is 0.0835. The van der Waals surface area contributed by atoms with E-state index >= 15 is 0 Å². The highest BCUT2D eigenvalue weighted by atomic mass is 32.2. The Kier molecular flexibility index (Phi) is 5.91. The molecule has 0 radical (unpaired) electrons. The quantitative estimate of drug-likeness (QED) is 0.643. The lowest BCUT2D eigenvalue weighted by atomic mass is 10.2. The Morgan fingerprint density at radius 1 is 1.15 bits per heavy atom. The summed E-state index contributed by atoms with van der Waals surface area (Å²) in [5.74, 6) is 1.86. The molecule has 3 aromatic rings. The van der Waals surface area contributed by atoms with Gasteiger partial charge in [0.25, 0.3) is 0 Å². The number of thioether (sulfide) groups is 1. The molecule has 0 unspecified atom stereocenters. The van der Waals surface area contributed by atoms with Crippen LogP contribution in [-0.2, 0) is 11.3 Å². The van der Waals surface area contributed by atoms with Gasteiger partial charge in [-0.1, -0.05) is 22.9 Å². The maximum atomic E-state index is 12.0. The average molecular weight is 369 g/mol. The number of aromatic nitrogens is 2. The molecule has 0 spiro atoms. The van der Waals surface area contributed by atoms with E-state index in [9.17, 15) is 4.79 Å². The predicted octanol–water partition coefficient (Wildman–Crippen LogP) is 3.46. The van der Waals surface area contributed by atoms with Crippen molar-refractivity contribution in [3.8, 4) is 17.1 Å². The molecule has 3 rings (SSSR count). The van der Waals surface area contributed by atoms with Crippen molar-refractivity contribution < 1.29 is 14.1 Å². The summed E-state index contributed by atoms with van der Waals surface area (Å²) in [6.07, 6.45) is 0. The molecule has 0 aliphatic rings. The minimum atomic E-state index is -0.0835. The highest BCUT2D eigenvalue weighted by Crippen LogP contribution is 2.20. The van der Waals surface area contributed by atoms with Gasteiger partial charge in [-0.2, -0.15) is 4.98 Å². The number of nitrogens with one attached hydrogen (secondary N) is 1. The van der Waals surface area contributed by atoms with E-state index in [-0.39, 0.29) is 12.5 Å². The molecule has 26 heavy (non-hydrogen) atoms. The molecule has 2 aromatic carbocycles. The highest BCUT2D eigenvalue weighted by molar-refractivity contribution is 8.00. The fraction of sp³-hybridized carbons (Fsp3) is 0.211. The number of carbonyl (C=O) groups is 1. The van der Waals surface area contributed by atoms with Gasteiger partial charge in [-0.3, -0.25) is 4.79 Å². The molecule has 134 valence electrons. The lowest BCUT2D eigenvalue weighted by Gasteiger charge is -2.03. The van der Waals surface area contributed by atoms with E-state index in [0.717, 1.165) is 16.2 Å². The Morgan fingerprint density at radius 3 is 2.58 bits per heavy atom. The molecule has 6 nitrogen and oxygen atoms in total. The molecule has 1 heterocycles. The first-order valence-electron chi connectivity index (χ1n) is 8.07. The third kappa shape index (κ3) is 4.86. The normalized spacial score (nSPS) is 10.5. The van der Waals surface area contributed by atoms with Gasteiger partial charge in [-0.05, 0) is 43.3 Å².